The summed E-state index contributed by atoms with van der Waals surface area (Å²) in [7, 11) is 1.61. The minimum Gasteiger partial charge on any atom is -0.457 e. The van der Waals surface area contributed by atoms with E-state index in [1.807, 2.05) is 24.3 Å². The maximum Gasteiger partial charge on any atom is 0.343 e. The molecule has 0 saturated heterocycles. The molecule has 6 nitrogen and oxygen atoms in total. The van der Waals surface area contributed by atoms with Gasteiger partial charge in [0.2, 0.25) is 0 Å². The normalized spacial score (nSPS) is 11.1. The summed E-state index contributed by atoms with van der Waals surface area (Å²) in [6, 6.07) is 7.46. The molecule has 0 aliphatic rings. The van der Waals surface area contributed by atoms with Gasteiger partial charge in [-0.15, -0.1) is 0 Å². The molecule has 1 aromatic rings. The molecule has 0 fully saturated rings. The first kappa shape index (κ1) is 15.9. The number of benzene rings is 1. The van der Waals surface area contributed by atoms with Gasteiger partial charge in [-0.1, -0.05) is 24.3 Å². The molecule has 0 spiro atoms. The molecule has 0 atom stereocenters. The van der Waals surface area contributed by atoms with E-state index in [4.69, 9.17) is 10.6 Å². The molecular weight excluding hydrogens is 258 g/mol. The van der Waals surface area contributed by atoms with Crippen molar-refractivity contribution in [2.24, 2.45) is 5.84 Å². The molecule has 0 heterocycles. The van der Waals surface area contributed by atoms with E-state index in [-0.39, 0.29) is 18.0 Å². The third kappa shape index (κ3) is 4.83. The van der Waals surface area contributed by atoms with Crippen LogP contribution < -0.4 is 16.6 Å². The van der Waals surface area contributed by atoms with Crippen LogP contribution in [0, 0.1) is 0 Å². The number of ether oxygens (including phenoxy) is 1. The van der Waals surface area contributed by atoms with Gasteiger partial charge >= 0.3 is 5.97 Å². The van der Waals surface area contributed by atoms with Crippen molar-refractivity contribution in [3.8, 4) is 0 Å². The molecule has 6 heteroatoms. The third-order valence-corrected chi connectivity index (χ3v) is 2.59. The van der Waals surface area contributed by atoms with Crippen molar-refractivity contribution < 1.29 is 14.3 Å². The van der Waals surface area contributed by atoms with Crippen molar-refractivity contribution in [2.75, 3.05) is 7.05 Å². The van der Waals surface area contributed by atoms with Gasteiger partial charge in [0, 0.05) is 19.8 Å². The zero-order valence-electron chi connectivity index (χ0n) is 11.6. The first-order valence-electron chi connectivity index (χ1n) is 6.15. The predicted molar refractivity (Wildman–Crippen MR) is 75.1 cm³/mol. The highest BCUT2D eigenvalue weighted by Crippen LogP contribution is 2.07. The maximum atomic E-state index is 11.7. The van der Waals surface area contributed by atoms with Gasteiger partial charge in [-0.3, -0.25) is 16.1 Å². The number of hydrogen-bond donors (Lipinski definition) is 3. The van der Waals surface area contributed by atoms with Crippen LogP contribution in [-0.4, -0.2) is 18.8 Å². The van der Waals surface area contributed by atoms with Gasteiger partial charge in [0.25, 0.3) is 0 Å². The Kier molecular flexibility index (Phi) is 6.42. The number of nitrogens with one attached hydrogen (secondary N) is 2. The average molecular weight is 277 g/mol. The highest BCUT2D eigenvalue weighted by Gasteiger charge is 2.15. The highest BCUT2D eigenvalue weighted by molar-refractivity contribution is 6.16. The van der Waals surface area contributed by atoms with Crippen LogP contribution in [0.3, 0.4) is 0 Å². The molecule has 0 amide bonds. The second-order valence-corrected chi connectivity index (χ2v) is 4.18. The average Bonchev–Trinajstić information content (AvgIpc) is 2.43. The number of rotatable bonds is 7. The zero-order chi connectivity index (χ0) is 15.0. The van der Waals surface area contributed by atoms with Gasteiger partial charge in [-0.25, -0.2) is 4.79 Å². The minimum atomic E-state index is -0.639. The van der Waals surface area contributed by atoms with E-state index in [1.54, 1.807) is 7.05 Å². The number of carbonyl (C=O) groups is 2. The summed E-state index contributed by atoms with van der Waals surface area (Å²) in [5, 5.41) is 2.65. The fraction of sp³-hybridized carbons (Fsp3) is 0.286. The number of esters is 1. The summed E-state index contributed by atoms with van der Waals surface area (Å²) in [5.74, 6) is 4.25. The van der Waals surface area contributed by atoms with Crippen molar-refractivity contribution in [1.29, 1.82) is 0 Å². The van der Waals surface area contributed by atoms with E-state index in [0.717, 1.165) is 11.1 Å². The summed E-state index contributed by atoms with van der Waals surface area (Å²) in [5.41, 5.74) is 4.42. The molecule has 0 aromatic heterocycles. The number of hydrogen-bond acceptors (Lipinski definition) is 6. The molecule has 0 unspecified atom stereocenters. The fourth-order valence-electron chi connectivity index (χ4n) is 1.55. The number of nitrogens with two attached hydrogens (primary N) is 1. The SMILES string of the molecule is CN/C=C(/C(C)=O)C(=O)OCc1ccc(CNN)cc1. The molecule has 0 radical (unpaired) electrons. The summed E-state index contributed by atoms with van der Waals surface area (Å²) in [6.07, 6.45) is 1.33. The van der Waals surface area contributed by atoms with Gasteiger partial charge in [-0.2, -0.15) is 0 Å². The Morgan fingerprint density at radius 1 is 1.25 bits per heavy atom. The number of carbonyl (C=O) groups excluding carboxylic acids is 2. The summed E-state index contributed by atoms with van der Waals surface area (Å²) >= 11 is 0. The first-order chi connectivity index (χ1) is 9.58. The van der Waals surface area contributed by atoms with Crippen molar-refractivity contribution in [3.05, 3.63) is 47.2 Å². The van der Waals surface area contributed by atoms with E-state index in [0.29, 0.717) is 6.54 Å². The Balaban J connectivity index is 2.60. The van der Waals surface area contributed by atoms with Crippen LogP contribution >= 0.6 is 0 Å². The fourth-order valence-corrected chi connectivity index (χ4v) is 1.55. The largest absolute Gasteiger partial charge is 0.457 e. The molecule has 0 bridgehead atoms. The van der Waals surface area contributed by atoms with Gasteiger partial charge < -0.3 is 10.1 Å². The molecule has 0 aliphatic carbocycles. The Hall–Kier alpha value is -2.18. The van der Waals surface area contributed by atoms with E-state index in [9.17, 15) is 9.59 Å². The lowest BCUT2D eigenvalue weighted by Crippen LogP contribution is -2.20. The van der Waals surface area contributed by atoms with Crippen molar-refractivity contribution >= 4 is 11.8 Å². The first-order valence-corrected chi connectivity index (χ1v) is 6.15. The molecule has 4 N–H and O–H groups in total. The van der Waals surface area contributed by atoms with E-state index < -0.39 is 5.97 Å². The van der Waals surface area contributed by atoms with Crippen LogP contribution in [0.1, 0.15) is 18.1 Å². The van der Waals surface area contributed by atoms with Gasteiger partial charge in [0.15, 0.2) is 5.78 Å². The van der Waals surface area contributed by atoms with Crippen LogP contribution in [0.5, 0.6) is 0 Å². The molecule has 0 saturated carbocycles. The van der Waals surface area contributed by atoms with Crippen LogP contribution in [0.2, 0.25) is 0 Å². The molecule has 1 rings (SSSR count). The van der Waals surface area contributed by atoms with Crippen LogP contribution in [0.15, 0.2) is 36.0 Å². The molecular formula is C14H19N3O3. The number of hydrazine groups is 1. The van der Waals surface area contributed by atoms with Crippen LogP contribution in [0.4, 0.5) is 0 Å². The highest BCUT2D eigenvalue weighted by atomic mass is 16.5. The third-order valence-electron chi connectivity index (χ3n) is 2.59. The quantitative estimate of drug-likeness (QED) is 0.167. The second kappa shape index (κ2) is 8.08. The standard InChI is InChI=1S/C14H19N3O3/c1-10(18)13(8-16-2)14(19)20-9-12-5-3-11(4-6-12)7-17-15/h3-6,8,16-17H,7,9,15H2,1-2H3/b13-8-. The van der Waals surface area contributed by atoms with Gasteiger partial charge in [-0.05, 0) is 18.1 Å². The van der Waals surface area contributed by atoms with Crippen molar-refractivity contribution in [3.63, 3.8) is 0 Å². The Labute approximate surface area is 118 Å². The van der Waals surface area contributed by atoms with Crippen LogP contribution in [0.25, 0.3) is 0 Å². The van der Waals surface area contributed by atoms with E-state index >= 15 is 0 Å². The molecule has 1 aromatic carbocycles. The van der Waals surface area contributed by atoms with Gasteiger partial charge in [0.05, 0.1) is 0 Å². The Morgan fingerprint density at radius 2 is 1.85 bits per heavy atom. The maximum absolute atomic E-state index is 11.7. The Bertz CT molecular complexity index is 495. The number of Topliss-reactive ketones (excluding diaryl/α,β-unsaturated/α-hetero) is 1. The van der Waals surface area contributed by atoms with Crippen molar-refractivity contribution in [1.82, 2.24) is 10.7 Å². The summed E-state index contributed by atoms with van der Waals surface area (Å²) < 4.78 is 5.10. The smallest absolute Gasteiger partial charge is 0.343 e. The van der Waals surface area contributed by atoms with Gasteiger partial charge in [0.1, 0.15) is 12.2 Å². The van der Waals surface area contributed by atoms with E-state index in [2.05, 4.69) is 10.7 Å². The van der Waals surface area contributed by atoms with Crippen molar-refractivity contribution in [2.45, 2.75) is 20.1 Å². The second-order valence-electron chi connectivity index (χ2n) is 4.18. The topological polar surface area (TPSA) is 93.5 Å². The van der Waals surface area contributed by atoms with E-state index in [1.165, 1.54) is 13.1 Å². The zero-order valence-corrected chi connectivity index (χ0v) is 11.6. The lowest BCUT2D eigenvalue weighted by molar-refractivity contribution is -0.141. The Morgan fingerprint density at radius 3 is 2.35 bits per heavy atom. The number of ketones is 1. The monoisotopic (exact) mass is 277 g/mol. The molecule has 108 valence electrons. The summed E-state index contributed by atoms with van der Waals surface area (Å²) in [4.78, 5) is 23.0. The molecule has 0 aliphatic heterocycles. The lowest BCUT2D eigenvalue weighted by atomic mass is 10.1. The minimum absolute atomic E-state index is 0.00329. The molecule has 20 heavy (non-hydrogen) atoms. The van der Waals surface area contributed by atoms with Crippen LogP contribution in [-0.2, 0) is 27.5 Å². The summed E-state index contributed by atoms with van der Waals surface area (Å²) in [6.45, 7) is 2.00. The predicted octanol–water partition coefficient (Wildman–Crippen LogP) is 0.385. The lowest BCUT2D eigenvalue weighted by Gasteiger charge is -2.07.